The van der Waals surface area contributed by atoms with Crippen LogP contribution in [0.1, 0.15) is 72.1 Å². The quantitative estimate of drug-likeness (QED) is 0.540. The number of carbonyl (C=O) groups excluding carboxylic acids is 2. The number of aromatic nitrogens is 2. The molecule has 8 heteroatoms. The highest BCUT2D eigenvalue weighted by molar-refractivity contribution is 5.92. The van der Waals surface area contributed by atoms with E-state index in [0.717, 1.165) is 24.0 Å². The summed E-state index contributed by atoms with van der Waals surface area (Å²) < 4.78 is 11.9. The zero-order valence-corrected chi connectivity index (χ0v) is 20.8. The van der Waals surface area contributed by atoms with Gasteiger partial charge >= 0.3 is 0 Å². The van der Waals surface area contributed by atoms with E-state index in [4.69, 9.17) is 9.26 Å². The number of fused-ring (bicyclic) bond motifs is 2. The van der Waals surface area contributed by atoms with Gasteiger partial charge in [0.1, 0.15) is 5.76 Å². The smallest absolute Gasteiger partial charge is 0.276 e. The van der Waals surface area contributed by atoms with E-state index in [1.165, 1.54) is 5.56 Å². The van der Waals surface area contributed by atoms with Crippen LogP contribution in [0.3, 0.4) is 0 Å². The predicted molar refractivity (Wildman–Crippen MR) is 133 cm³/mol. The van der Waals surface area contributed by atoms with Gasteiger partial charge in [-0.1, -0.05) is 49.3 Å². The number of aryl methyl sites for hydroxylation is 1. The number of likely N-dealkylation sites (tertiary alicyclic amines) is 1. The molecule has 3 heterocycles. The Morgan fingerprint density at radius 1 is 1.17 bits per heavy atom. The van der Waals surface area contributed by atoms with E-state index < -0.39 is 0 Å². The van der Waals surface area contributed by atoms with Gasteiger partial charge in [0.25, 0.3) is 5.91 Å². The third kappa shape index (κ3) is 4.41. The van der Waals surface area contributed by atoms with Crippen LogP contribution in [0.2, 0.25) is 0 Å². The first-order valence-corrected chi connectivity index (χ1v) is 12.7. The maximum Gasteiger partial charge on any atom is 0.276 e. The molecule has 0 unspecified atom stereocenters. The first-order chi connectivity index (χ1) is 17.6. The number of hydrogen-bond acceptors (Lipinski definition) is 6. The summed E-state index contributed by atoms with van der Waals surface area (Å²) in [5, 5.41) is 7.20. The Morgan fingerprint density at radius 3 is 2.67 bits per heavy atom. The van der Waals surface area contributed by atoms with Crippen molar-refractivity contribution in [2.45, 2.75) is 63.7 Å². The molecule has 0 saturated carbocycles. The number of nitrogens with one attached hydrogen (secondary N) is 1. The van der Waals surface area contributed by atoms with Crippen molar-refractivity contribution in [3.63, 3.8) is 0 Å². The monoisotopic (exact) mass is 488 g/mol. The fourth-order valence-corrected chi connectivity index (χ4v) is 5.62. The summed E-state index contributed by atoms with van der Waals surface area (Å²) in [5.74, 6) is 0.588. The highest BCUT2D eigenvalue weighted by atomic mass is 16.5. The fourth-order valence-electron chi connectivity index (χ4n) is 5.62. The molecule has 0 bridgehead atoms. The van der Waals surface area contributed by atoms with E-state index in [-0.39, 0.29) is 29.4 Å². The second-order valence-electron chi connectivity index (χ2n) is 9.56. The molecule has 2 aliphatic rings. The van der Waals surface area contributed by atoms with Gasteiger partial charge in [-0.2, -0.15) is 0 Å². The molecule has 1 saturated heterocycles. The average Bonchev–Trinajstić information content (AvgIpc) is 3.50. The summed E-state index contributed by atoms with van der Waals surface area (Å²) in [6.07, 6.45) is 5.84. The minimum absolute atomic E-state index is 0.00722. The molecule has 188 valence electrons. The summed E-state index contributed by atoms with van der Waals surface area (Å²) in [7, 11) is 0. The van der Waals surface area contributed by atoms with Crippen LogP contribution < -0.4 is 5.32 Å². The van der Waals surface area contributed by atoms with Crippen LogP contribution in [-0.4, -0.2) is 46.0 Å². The SMILES string of the molecule is CCC(=O)N[C@@H]1c2ccccc2C2(CCN(C(=O)c3cc(CC)on3)CC2)[C@H]1OCc1cccnc1. The van der Waals surface area contributed by atoms with Crippen molar-refractivity contribution in [1.29, 1.82) is 0 Å². The third-order valence-electron chi connectivity index (χ3n) is 7.54. The molecule has 1 fully saturated rings. The van der Waals surface area contributed by atoms with Gasteiger partial charge in [0.2, 0.25) is 5.91 Å². The molecule has 2 atom stereocenters. The number of pyridine rings is 1. The first-order valence-electron chi connectivity index (χ1n) is 12.7. The maximum atomic E-state index is 13.1. The molecule has 1 aliphatic carbocycles. The Bertz CT molecular complexity index is 1220. The zero-order valence-electron chi connectivity index (χ0n) is 20.8. The summed E-state index contributed by atoms with van der Waals surface area (Å²) in [5.41, 5.74) is 3.31. The number of ether oxygens (including phenoxy) is 1. The lowest BCUT2D eigenvalue weighted by Crippen LogP contribution is -2.52. The molecule has 1 spiro atoms. The molecule has 2 amide bonds. The lowest BCUT2D eigenvalue weighted by Gasteiger charge is -2.44. The minimum atomic E-state index is -0.320. The second-order valence-corrected chi connectivity index (χ2v) is 9.56. The molecule has 1 aromatic carbocycles. The summed E-state index contributed by atoms with van der Waals surface area (Å²) in [4.78, 5) is 31.7. The van der Waals surface area contributed by atoms with Crippen molar-refractivity contribution >= 4 is 11.8 Å². The van der Waals surface area contributed by atoms with Crippen molar-refractivity contribution < 1.29 is 18.8 Å². The van der Waals surface area contributed by atoms with Gasteiger partial charge in [0.15, 0.2) is 5.69 Å². The number of carbonyl (C=O) groups is 2. The average molecular weight is 489 g/mol. The van der Waals surface area contributed by atoms with Crippen LogP contribution in [-0.2, 0) is 28.0 Å². The zero-order chi connectivity index (χ0) is 25.1. The highest BCUT2D eigenvalue weighted by Gasteiger charge is 2.54. The van der Waals surface area contributed by atoms with Crippen molar-refractivity contribution in [3.05, 3.63) is 83.0 Å². The Labute approximate surface area is 211 Å². The van der Waals surface area contributed by atoms with Gasteiger partial charge < -0.3 is 19.5 Å². The van der Waals surface area contributed by atoms with Gasteiger partial charge in [-0.05, 0) is 35.6 Å². The molecule has 8 nitrogen and oxygen atoms in total. The molecule has 1 aliphatic heterocycles. The Hall–Kier alpha value is -3.52. The van der Waals surface area contributed by atoms with Crippen LogP contribution in [0.15, 0.2) is 59.4 Å². The van der Waals surface area contributed by atoms with Crippen molar-refractivity contribution in [2.24, 2.45) is 0 Å². The molecule has 1 N–H and O–H groups in total. The highest BCUT2D eigenvalue weighted by Crippen LogP contribution is 2.52. The number of piperidine rings is 1. The van der Waals surface area contributed by atoms with E-state index in [9.17, 15) is 9.59 Å². The largest absolute Gasteiger partial charge is 0.370 e. The fraction of sp³-hybridized carbons (Fsp3) is 0.429. The molecule has 36 heavy (non-hydrogen) atoms. The normalized spacial score (nSPS) is 20.3. The topological polar surface area (TPSA) is 97.6 Å². The summed E-state index contributed by atoms with van der Waals surface area (Å²) in [6, 6.07) is 13.7. The van der Waals surface area contributed by atoms with Gasteiger partial charge in [-0.15, -0.1) is 0 Å². The van der Waals surface area contributed by atoms with Crippen LogP contribution in [0.4, 0.5) is 0 Å². The van der Waals surface area contributed by atoms with E-state index in [2.05, 4.69) is 27.6 Å². The number of nitrogens with zero attached hydrogens (tertiary/aromatic N) is 3. The van der Waals surface area contributed by atoms with Crippen molar-refractivity contribution in [3.8, 4) is 0 Å². The standard InChI is InChI=1S/C28H32N4O4/c1-3-20-16-23(31-36-20)27(34)32-14-11-28(12-15-32)22-10-6-5-9-21(22)25(30-24(33)4-2)26(28)35-18-19-8-7-13-29-17-19/h5-10,13,16-17,25-26H,3-4,11-12,14-15,18H2,1-2H3,(H,30,33)/t25-,26+/m1/s1. The van der Waals surface area contributed by atoms with Gasteiger partial charge in [0, 0.05) is 49.8 Å². The van der Waals surface area contributed by atoms with E-state index in [1.54, 1.807) is 18.5 Å². The molecule has 5 rings (SSSR count). The van der Waals surface area contributed by atoms with E-state index in [0.29, 0.717) is 44.0 Å². The van der Waals surface area contributed by atoms with Gasteiger partial charge in [-0.3, -0.25) is 14.6 Å². The van der Waals surface area contributed by atoms with Gasteiger partial charge in [0.05, 0.1) is 18.8 Å². The Balaban J connectivity index is 1.43. The summed E-state index contributed by atoms with van der Waals surface area (Å²) in [6.45, 7) is 5.37. The Kier molecular flexibility index (Phi) is 6.87. The van der Waals surface area contributed by atoms with Crippen molar-refractivity contribution in [1.82, 2.24) is 20.4 Å². The lowest BCUT2D eigenvalue weighted by atomic mass is 9.71. The van der Waals surface area contributed by atoms with Crippen LogP contribution in [0.25, 0.3) is 0 Å². The number of rotatable bonds is 7. The van der Waals surface area contributed by atoms with Crippen LogP contribution in [0, 0.1) is 0 Å². The summed E-state index contributed by atoms with van der Waals surface area (Å²) >= 11 is 0. The second kappa shape index (κ2) is 10.2. The molecular formula is C28H32N4O4. The number of benzene rings is 1. The number of amides is 2. The molecule has 3 aromatic rings. The minimum Gasteiger partial charge on any atom is -0.370 e. The first kappa shape index (κ1) is 24.2. The van der Waals surface area contributed by atoms with E-state index >= 15 is 0 Å². The predicted octanol–water partition coefficient (Wildman–Crippen LogP) is 3.97. The third-order valence-corrected chi connectivity index (χ3v) is 7.54. The van der Waals surface area contributed by atoms with Gasteiger partial charge in [-0.25, -0.2) is 0 Å². The van der Waals surface area contributed by atoms with Crippen molar-refractivity contribution in [2.75, 3.05) is 13.1 Å². The lowest BCUT2D eigenvalue weighted by molar-refractivity contribution is -0.123. The van der Waals surface area contributed by atoms with Crippen LogP contribution in [0.5, 0.6) is 0 Å². The molecular weight excluding hydrogens is 456 g/mol. The Morgan fingerprint density at radius 2 is 1.97 bits per heavy atom. The maximum absolute atomic E-state index is 13.1. The molecule has 2 aromatic heterocycles. The number of hydrogen-bond donors (Lipinski definition) is 1. The molecule has 0 radical (unpaired) electrons. The van der Waals surface area contributed by atoms with Crippen LogP contribution >= 0.6 is 0 Å². The van der Waals surface area contributed by atoms with E-state index in [1.807, 2.05) is 43.0 Å².